The molecule has 0 fully saturated rings. The van der Waals surface area contributed by atoms with Gasteiger partial charge in [-0.25, -0.2) is 0 Å². The highest BCUT2D eigenvalue weighted by molar-refractivity contribution is 7.98. The van der Waals surface area contributed by atoms with Gasteiger partial charge in [0.25, 0.3) is 0 Å². The maximum absolute atomic E-state index is 10.6. The Kier molecular flexibility index (Phi) is 5.63. The van der Waals surface area contributed by atoms with E-state index in [4.69, 9.17) is 5.11 Å². The summed E-state index contributed by atoms with van der Waals surface area (Å²) in [6.45, 7) is 4.86. The Balaban J connectivity index is 2.80. The maximum atomic E-state index is 10.6. The molecule has 1 aromatic rings. The van der Waals surface area contributed by atoms with Crippen LogP contribution in [0.1, 0.15) is 6.42 Å². The molecule has 0 aliphatic rings. The standard InChI is InChI=1S/C13H17NO2S/c1-3-8-14(9-7-13(15)16)11-5-4-6-12(10-11)17-2/h3-6,10H,1,7-9H2,2H3,(H,15,16). The monoisotopic (exact) mass is 251 g/mol. The van der Waals surface area contributed by atoms with Gasteiger partial charge in [-0.1, -0.05) is 12.1 Å². The van der Waals surface area contributed by atoms with E-state index in [-0.39, 0.29) is 6.42 Å². The van der Waals surface area contributed by atoms with Crippen LogP contribution in [0.15, 0.2) is 41.8 Å². The van der Waals surface area contributed by atoms with E-state index in [2.05, 4.69) is 12.6 Å². The summed E-state index contributed by atoms with van der Waals surface area (Å²) in [4.78, 5) is 13.8. The van der Waals surface area contributed by atoms with Crippen LogP contribution >= 0.6 is 11.8 Å². The van der Waals surface area contributed by atoms with Crippen molar-refractivity contribution in [1.82, 2.24) is 0 Å². The second kappa shape index (κ2) is 7.01. The van der Waals surface area contributed by atoms with E-state index in [1.807, 2.05) is 29.4 Å². The average molecular weight is 251 g/mol. The van der Waals surface area contributed by atoms with Crippen molar-refractivity contribution in [3.8, 4) is 0 Å². The van der Waals surface area contributed by atoms with Crippen LogP contribution in [0.5, 0.6) is 0 Å². The van der Waals surface area contributed by atoms with Crippen molar-refractivity contribution in [2.45, 2.75) is 11.3 Å². The van der Waals surface area contributed by atoms with Crippen molar-refractivity contribution in [2.75, 3.05) is 24.2 Å². The molecule has 1 rings (SSSR count). The minimum Gasteiger partial charge on any atom is -0.481 e. The Labute approximate surface area is 106 Å². The molecule has 0 amide bonds. The summed E-state index contributed by atoms with van der Waals surface area (Å²) in [6, 6.07) is 8.08. The van der Waals surface area contributed by atoms with E-state index < -0.39 is 5.97 Å². The first-order chi connectivity index (χ1) is 8.17. The fraction of sp³-hybridized carbons (Fsp3) is 0.308. The number of anilines is 1. The molecule has 3 nitrogen and oxygen atoms in total. The summed E-state index contributed by atoms with van der Waals surface area (Å²) in [6.07, 6.45) is 3.94. The number of carboxylic acids is 1. The molecular formula is C13H17NO2S. The summed E-state index contributed by atoms with van der Waals surface area (Å²) in [5.41, 5.74) is 1.04. The van der Waals surface area contributed by atoms with Gasteiger partial charge in [-0.2, -0.15) is 0 Å². The highest BCUT2D eigenvalue weighted by Gasteiger charge is 2.07. The Morgan fingerprint density at radius 2 is 2.35 bits per heavy atom. The van der Waals surface area contributed by atoms with Crippen LogP contribution in [0.2, 0.25) is 0 Å². The molecule has 0 bridgehead atoms. The predicted octanol–water partition coefficient (Wildman–Crippen LogP) is 2.88. The van der Waals surface area contributed by atoms with Crippen LogP contribution in [0, 0.1) is 0 Å². The molecule has 0 spiro atoms. The highest BCUT2D eigenvalue weighted by Crippen LogP contribution is 2.22. The predicted molar refractivity (Wildman–Crippen MR) is 72.9 cm³/mol. The average Bonchev–Trinajstić information content (AvgIpc) is 2.34. The van der Waals surface area contributed by atoms with Gasteiger partial charge in [0, 0.05) is 23.7 Å². The summed E-state index contributed by atoms with van der Waals surface area (Å²) >= 11 is 1.67. The number of nitrogens with zero attached hydrogens (tertiary/aromatic N) is 1. The van der Waals surface area contributed by atoms with Crippen LogP contribution in [0.4, 0.5) is 5.69 Å². The lowest BCUT2D eigenvalue weighted by molar-refractivity contribution is -0.136. The molecule has 0 radical (unpaired) electrons. The van der Waals surface area contributed by atoms with E-state index >= 15 is 0 Å². The van der Waals surface area contributed by atoms with Crippen LogP contribution in [-0.2, 0) is 4.79 Å². The van der Waals surface area contributed by atoms with Gasteiger partial charge in [-0.05, 0) is 24.5 Å². The zero-order valence-electron chi connectivity index (χ0n) is 9.93. The first kappa shape index (κ1) is 13.6. The lowest BCUT2D eigenvalue weighted by Crippen LogP contribution is -2.26. The molecule has 0 aliphatic carbocycles. The molecule has 17 heavy (non-hydrogen) atoms. The van der Waals surface area contributed by atoms with E-state index in [0.717, 1.165) is 5.69 Å². The summed E-state index contributed by atoms with van der Waals surface area (Å²) in [5.74, 6) is -0.778. The van der Waals surface area contributed by atoms with Gasteiger partial charge in [0.1, 0.15) is 0 Å². The third-order valence-electron chi connectivity index (χ3n) is 2.36. The lowest BCUT2D eigenvalue weighted by Gasteiger charge is -2.23. The number of hydrogen-bond acceptors (Lipinski definition) is 3. The maximum Gasteiger partial charge on any atom is 0.305 e. The van der Waals surface area contributed by atoms with Crippen molar-refractivity contribution in [3.63, 3.8) is 0 Å². The SMILES string of the molecule is C=CCN(CCC(=O)O)c1cccc(SC)c1. The Morgan fingerprint density at radius 3 is 2.94 bits per heavy atom. The quantitative estimate of drug-likeness (QED) is 0.597. The number of carbonyl (C=O) groups is 1. The van der Waals surface area contributed by atoms with Crippen molar-refractivity contribution < 1.29 is 9.90 Å². The molecule has 0 aromatic heterocycles. The van der Waals surface area contributed by atoms with Crippen LogP contribution < -0.4 is 4.90 Å². The van der Waals surface area contributed by atoms with Crippen molar-refractivity contribution in [1.29, 1.82) is 0 Å². The third kappa shape index (κ3) is 4.53. The fourth-order valence-electron chi connectivity index (χ4n) is 1.52. The topological polar surface area (TPSA) is 40.5 Å². The van der Waals surface area contributed by atoms with Crippen molar-refractivity contribution in [3.05, 3.63) is 36.9 Å². The van der Waals surface area contributed by atoms with Gasteiger partial charge < -0.3 is 10.0 Å². The van der Waals surface area contributed by atoms with Crippen molar-refractivity contribution in [2.24, 2.45) is 0 Å². The van der Waals surface area contributed by atoms with Crippen molar-refractivity contribution >= 4 is 23.4 Å². The zero-order valence-corrected chi connectivity index (χ0v) is 10.7. The molecule has 0 saturated carbocycles. The minimum absolute atomic E-state index is 0.136. The molecular weight excluding hydrogens is 234 g/mol. The molecule has 0 atom stereocenters. The third-order valence-corrected chi connectivity index (χ3v) is 3.09. The summed E-state index contributed by atoms with van der Waals surface area (Å²) in [7, 11) is 0. The first-order valence-corrected chi connectivity index (χ1v) is 6.61. The molecule has 4 heteroatoms. The van der Waals surface area contributed by atoms with Crippen LogP contribution in [0.3, 0.4) is 0 Å². The first-order valence-electron chi connectivity index (χ1n) is 5.39. The summed E-state index contributed by atoms with van der Waals surface area (Å²) < 4.78 is 0. The Hall–Kier alpha value is -1.42. The second-order valence-corrected chi connectivity index (χ2v) is 4.46. The highest BCUT2D eigenvalue weighted by atomic mass is 32.2. The molecule has 92 valence electrons. The van der Waals surface area contributed by atoms with E-state index in [1.54, 1.807) is 17.8 Å². The molecule has 0 saturated heterocycles. The summed E-state index contributed by atoms with van der Waals surface area (Å²) in [5, 5.41) is 8.72. The van der Waals surface area contributed by atoms with Gasteiger partial charge in [-0.15, -0.1) is 18.3 Å². The number of hydrogen-bond donors (Lipinski definition) is 1. The van der Waals surface area contributed by atoms with E-state index in [1.165, 1.54) is 4.90 Å². The molecule has 1 aromatic carbocycles. The molecule has 1 N–H and O–H groups in total. The Morgan fingerprint density at radius 1 is 1.59 bits per heavy atom. The van der Waals surface area contributed by atoms with Gasteiger partial charge >= 0.3 is 5.97 Å². The molecule has 0 unspecified atom stereocenters. The fourth-order valence-corrected chi connectivity index (χ4v) is 1.97. The van der Waals surface area contributed by atoms with Crippen LogP contribution in [0.25, 0.3) is 0 Å². The van der Waals surface area contributed by atoms with E-state index in [9.17, 15) is 4.79 Å². The second-order valence-electron chi connectivity index (χ2n) is 3.58. The number of aliphatic carboxylic acids is 1. The zero-order chi connectivity index (χ0) is 12.7. The number of rotatable bonds is 7. The van der Waals surface area contributed by atoms with Crippen LogP contribution in [-0.4, -0.2) is 30.4 Å². The Bertz CT molecular complexity index is 393. The van der Waals surface area contributed by atoms with Gasteiger partial charge in [0.2, 0.25) is 0 Å². The lowest BCUT2D eigenvalue weighted by atomic mass is 10.2. The van der Waals surface area contributed by atoms with Gasteiger partial charge in [0.15, 0.2) is 0 Å². The number of carboxylic acid groups (broad SMARTS) is 1. The normalized spacial score (nSPS) is 9.94. The van der Waals surface area contributed by atoms with Gasteiger partial charge in [-0.3, -0.25) is 4.79 Å². The number of thioether (sulfide) groups is 1. The van der Waals surface area contributed by atoms with E-state index in [0.29, 0.717) is 13.1 Å². The largest absolute Gasteiger partial charge is 0.481 e. The van der Waals surface area contributed by atoms with Gasteiger partial charge in [0.05, 0.1) is 6.42 Å². The number of benzene rings is 1. The molecule has 0 heterocycles. The minimum atomic E-state index is -0.778. The smallest absolute Gasteiger partial charge is 0.305 e. The molecule has 0 aliphatic heterocycles.